The van der Waals surface area contributed by atoms with Crippen LogP contribution in [0.3, 0.4) is 0 Å². The molecule has 0 N–H and O–H groups in total. The smallest absolute Gasteiger partial charge is 0.326 e. The molecule has 1 aromatic heterocycles. The summed E-state index contributed by atoms with van der Waals surface area (Å²) in [5.41, 5.74) is 2.00. The maximum absolute atomic E-state index is 12.1. The first-order valence-electron chi connectivity index (χ1n) is 8.30. The Morgan fingerprint density at radius 1 is 1.27 bits per heavy atom. The minimum Gasteiger partial charge on any atom is -0.462 e. The molecule has 1 fully saturated rings. The van der Waals surface area contributed by atoms with Gasteiger partial charge in [0.25, 0.3) is 0 Å². The average molecular weight is 300 g/mol. The van der Waals surface area contributed by atoms with Crippen molar-refractivity contribution in [1.82, 2.24) is 9.55 Å². The van der Waals surface area contributed by atoms with E-state index >= 15 is 0 Å². The highest BCUT2D eigenvalue weighted by Crippen LogP contribution is 2.33. The first kappa shape index (κ1) is 15.1. The normalized spacial score (nSPS) is 16.3. The molecule has 2 aromatic rings. The highest BCUT2D eigenvalue weighted by molar-refractivity contribution is 5.79. The van der Waals surface area contributed by atoms with Gasteiger partial charge in [0.1, 0.15) is 12.4 Å². The van der Waals surface area contributed by atoms with E-state index in [4.69, 9.17) is 9.72 Å². The lowest BCUT2D eigenvalue weighted by molar-refractivity contribution is -0.148. The molecular weight excluding hydrogens is 276 g/mol. The maximum atomic E-state index is 12.1. The Bertz CT molecular complexity index is 654. The summed E-state index contributed by atoms with van der Waals surface area (Å²) in [6.45, 7) is 4.02. The molecule has 22 heavy (non-hydrogen) atoms. The van der Waals surface area contributed by atoms with Crippen LogP contribution in [0.4, 0.5) is 0 Å². The Labute approximate surface area is 131 Å². The Morgan fingerprint density at radius 2 is 2.00 bits per heavy atom. The van der Waals surface area contributed by atoms with Crippen LogP contribution < -0.4 is 0 Å². The van der Waals surface area contributed by atoms with Gasteiger partial charge in [-0.1, -0.05) is 31.4 Å². The van der Waals surface area contributed by atoms with Crippen LogP contribution in [-0.2, 0) is 16.1 Å². The topological polar surface area (TPSA) is 44.1 Å². The first-order valence-corrected chi connectivity index (χ1v) is 8.30. The summed E-state index contributed by atoms with van der Waals surface area (Å²) in [5.74, 6) is 1.34. The second kappa shape index (κ2) is 6.51. The van der Waals surface area contributed by atoms with Gasteiger partial charge in [0, 0.05) is 5.92 Å². The summed E-state index contributed by atoms with van der Waals surface area (Å²) in [5, 5.41) is 0. The number of fused-ring (bicyclic) bond motifs is 1. The first-order chi connectivity index (χ1) is 10.6. The minimum absolute atomic E-state index is 0.0829. The molecule has 0 saturated heterocycles. The van der Waals surface area contributed by atoms with E-state index in [1.165, 1.54) is 32.1 Å². The van der Waals surface area contributed by atoms with E-state index in [-0.39, 0.29) is 18.6 Å². The van der Waals surface area contributed by atoms with Gasteiger partial charge in [0.2, 0.25) is 0 Å². The quantitative estimate of drug-likeness (QED) is 0.801. The van der Waals surface area contributed by atoms with Crippen molar-refractivity contribution >= 4 is 17.0 Å². The number of imidazole rings is 1. The molecule has 0 radical (unpaired) electrons. The van der Waals surface area contributed by atoms with Gasteiger partial charge in [-0.3, -0.25) is 4.79 Å². The molecule has 1 aliphatic rings. The number of benzene rings is 1. The van der Waals surface area contributed by atoms with Gasteiger partial charge in [-0.2, -0.15) is 0 Å². The molecule has 1 heterocycles. The molecular formula is C18H24N2O2. The van der Waals surface area contributed by atoms with Crippen molar-refractivity contribution in [2.75, 3.05) is 0 Å². The third-order valence-electron chi connectivity index (χ3n) is 4.31. The van der Waals surface area contributed by atoms with Gasteiger partial charge in [-0.05, 0) is 38.8 Å². The Morgan fingerprint density at radius 3 is 2.73 bits per heavy atom. The van der Waals surface area contributed by atoms with Gasteiger partial charge in [-0.15, -0.1) is 0 Å². The van der Waals surface area contributed by atoms with Gasteiger partial charge in [0.05, 0.1) is 17.1 Å². The molecule has 1 aliphatic carbocycles. The zero-order chi connectivity index (χ0) is 15.5. The van der Waals surface area contributed by atoms with E-state index in [0.29, 0.717) is 5.92 Å². The van der Waals surface area contributed by atoms with E-state index in [1.807, 2.05) is 38.1 Å². The van der Waals surface area contributed by atoms with Gasteiger partial charge >= 0.3 is 5.97 Å². The predicted molar refractivity (Wildman–Crippen MR) is 86.8 cm³/mol. The van der Waals surface area contributed by atoms with Crippen LogP contribution >= 0.6 is 0 Å². The molecule has 1 saturated carbocycles. The van der Waals surface area contributed by atoms with Gasteiger partial charge < -0.3 is 9.30 Å². The molecule has 4 heteroatoms. The summed E-state index contributed by atoms with van der Waals surface area (Å²) < 4.78 is 7.39. The largest absolute Gasteiger partial charge is 0.462 e. The zero-order valence-corrected chi connectivity index (χ0v) is 13.4. The van der Waals surface area contributed by atoms with Crippen LogP contribution in [-0.4, -0.2) is 21.6 Å². The lowest BCUT2D eigenvalue weighted by Gasteiger charge is -2.22. The second-order valence-electron chi connectivity index (χ2n) is 6.42. The van der Waals surface area contributed by atoms with Crippen molar-refractivity contribution in [3.05, 3.63) is 30.1 Å². The van der Waals surface area contributed by atoms with Crippen molar-refractivity contribution in [3.8, 4) is 0 Å². The van der Waals surface area contributed by atoms with E-state index in [2.05, 4.69) is 4.57 Å². The molecule has 0 unspecified atom stereocenters. The lowest BCUT2D eigenvalue weighted by Crippen LogP contribution is -2.20. The predicted octanol–water partition coefficient (Wildman–Crippen LogP) is 4.04. The van der Waals surface area contributed by atoms with Crippen molar-refractivity contribution in [1.29, 1.82) is 0 Å². The van der Waals surface area contributed by atoms with Crippen LogP contribution in [0.15, 0.2) is 24.3 Å². The molecule has 0 atom stereocenters. The van der Waals surface area contributed by atoms with Crippen LogP contribution in [0, 0.1) is 0 Å². The number of ether oxygens (including phenoxy) is 1. The number of esters is 1. The number of rotatable bonds is 4. The molecule has 118 valence electrons. The Hall–Kier alpha value is -1.84. The second-order valence-corrected chi connectivity index (χ2v) is 6.42. The zero-order valence-electron chi connectivity index (χ0n) is 13.4. The number of hydrogen-bond donors (Lipinski definition) is 0. The molecule has 4 nitrogen and oxygen atoms in total. The van der Waals surface area contributed by atoms with Gasteiger partial charge in [0.15, 0.2) is 0 Å². The maximum Gasteiger partial charge on any atom is 0.326 e. The molecule has 3 rings (SSSR count). The fourth-order valence-electron chi connectivity index (χ4n) is 3.36. The minimum atomic E-state index is -0.185. The number of nitrogens with zero attached hydrogens (tertiary/aromatic N) is 2. The van der Waals surface area contributed by atoms with Crippen molar-refractivity contribution in [3.63, 3.8) is 0 Å². The summed E-state index contributed by atoms with van der Waals surface area (Å²) >= 11 is 0. The fraction of sp³-hybridized carbons (Fsp3) is 0.556. The van der Waals surface area contributed by atoms with E-state index < -0.39 is 0 Å². The van der Waals surface area contributed by atoms with Crippen LogP contribution in [0.1, 0.15) is 57.7 Å². The fourth-order valence-corrected chi connectivity index (χ4v) is 3.36. The monoisotopic (exact) mass is 300 g/mol. The highest BCUT2D eigenvalue weighted by atomic mass is 16.5. The third-order valence-corrected chi connectivity index (χ3v) is 4.31. The van der Waals surface area contributed by atoms with Crippen molar-refractivity contribution < 1.29 is 9.53 Å². The van der Waals surface area contributed by atoms with Crippen LogP contribution in [0.5, 0.6) is 0 Å². The molecule has 0 amide bonds. The molecule has 0 spiro atoms. The number of aromatic nitrogens is 2. The third kappa shape index (κ3) is 3.16. The average Bonchev–Trinajstić information content (AvgIpc) is 2.86. The summed E-state index contributed by atoms with van der Waals surface area (Å²) in [4.78, 5) is 17.0. The molecule has 0 aliphatic heterocycles. The van der Waals surface area contributed by atoms with Crippen LogP contribution in [0.2, 0.25) is 0 Å². The SMILES string of the molecule is CC(C)OC(=O)Cn1c(C2CCCCC2)nc2ccccc21. The van der Waals surface area contributed by atoms with E-state index in [9.17, 15) is 4.79 Å². The molecule has 1 aromatic carbocycles. The van der Waals surface area contributed by atoms with Gasteiger partial charge in [-0.25, -0.2) is 4.98 Å². The summed E-state index contributed by atoms with van der Waals surface area (Å²) in [7, 11) is 0. The highest BCUT2D eigenvalue weighted by Gasteiger charge is 2.23. The number of hydrogen-bond acceptors (Lipinski definition) is 3. The van der Waals surface area contributed by atoms with Crippen molar-refractivity contribution in [2.45, 2.75) is 64.5 Å². The van der Waals surface area contributed by atoms with Crippen molar-refractivity contribution in [2.24, 2.45) is 0 Å². The molecule has 0 bridgehead atoms. The summed E-state index contributed by atoms with van der Waals surface area (Å²) in [6, 6.07) is 8.05. The van der Waals surface area contributed by atoms with Crippen LogP contribution in [0.25, 0.3) is 11.0 Å². The van der Waals surface area contributed by atoms with E-state index in [0.717, 1.165) is 16.9 Å². The summed E-state index contributed by atoms with van der Waals surface area (Å²) in [6.07, 6.45) is 6.08. The number of carbonyl (C=O) groups excluding carboxylic acids is 1. The lowest BCUT2D eigenvalue weighted by atomic mass is 9.88. The standard InChI is InChI=1S/C18H24N2O2/c1-13(2)22-17(21)12-20-16-11-7-6-10-15(16)19-18(20)14-8-4-3-5-9-14/h6-7,10-11,13-14H,3-5,8-9,12H2,1-2H3. The Kier molecular flexibility index (Phi) is 4.46. The van der Waals surface area contributed by atoms with E-state index in [1.54, 1.807) is 0 Å². The number of carbonyl (C=O) groups is 1. The number of para-hydroxylation sites is 2. The Balaban J connectivity index is 1.95.